The van der Waals surface area contributed by atoms with Crippen molar-refractivity contribution in [3.63, 3.8) is 0 Å². The van der Waals surface area contributed by atoms with Crippen LogP contribution in [0.15, 0.2) is 24.3 Å². The number of morpholine rings is 1. The second-order valence-electron chi connectivity index (χ2n) is 6.19. The molecule has 0 spiro atoms. The fourth-order valence-electron chi connectivity index (χ4n) is 3.03. The van der Waals surface area contributed by atoms with E-state index in [9.17, 15) is 4.39 Å². The molecule has 1 fully saturated rings. The summed E-state index contributed by atoms with van der Waals surface area (Å²) in [5.74, 6) is -0.175. The van der Waals surface area contributed by atoms with Gasteiger partial charge in [0.15, 0.2) is 0 Å². The minimum Gasteiger partial charge on any atom is -0.379 e. The van der Waals surface area contributed by atoms with Gasteiger partial charge in [0, 0.05) is 24.7 Å². The average Bonchev–Trinajstić information content (AvgIpc) is 2.50. The van der Waals surface area contributed by atoms with E-state index in [0.717, 1.165) is 39.3 Å². The Balaban J connectivity index is 2.10. The molecule has 3 nitrogen and oxygen atoms in total. The predicted octanol–water partition coefficient (Wildman–Crippen LogP) is 2.46. The molecule has 0 aliphatic carbocycles. The number of hydrogen-bond donors (Lipinski definition) is 1. The van der Waals surface area contributed by atoms with Crippen LogP contribution in [0.1, 0.15) is 26.3 Å². The van der Waals surface area contributed by atoms with Gasteiger partial charge in [-0.05, 0) is 44.5 Å². The van der Waals surface area contributed by atoms with Gasteiger partial charge >= 0.3 is 0 Å². The first-order chi connectivity index (χ1) is 10.0. The van der Waals surface area contributed by atoms with Crippen LogP contribution in [-0.4, -0.2) is 49.3 Å². The Kier molecular flexibility index (Phi) is 5.73. The molecule has 1 aromatic carbocycles. The fraction of sp³-hybridized carbons (Fsp3) is 0.647. The van der Waals surface area contributed by atoms with Gasteiger partial charge in [-0.2, -0.15) is 0 Å². The van der Waals surface area contributed by atoms with E-state index in [4.69, 9.17) is 4.74 Å². The highest BCUT2D eigenvalue weighted by molar-refractivity contribution is 5.18. The van der Waals surface area contributed by atoms with Gasteiger partial charge in [-0.15, -0.1) is 0 Å². The normalized spacial score (nSPS) is 18.7. The van der Waals surface area contributed by atoms with Gasteiger partial charge in [0.25, 0.3) is 0 Å². The molecule has 1 aliphatic rings. The van der Waals surface area contributed by atoms with E-state index in [0.29, 0.717) is 6.04 Å². The summed E-state index contributed by atoms with van der Waals surface area (Å²) in [6, 6.07) is 7.18. The maximum absolute atomic E-state index is 13.1. The van der Waals surface area contributed by atoms with Gasteiger partial charge in [0.2, 0.25) is 0 Å². The Morgan fingerprint density at radius 1 is 1.24 bits per heavy atom. The van der Waals surface area contributed by atoms with Crippen LogP contribution in [0.25, 0.3) is 0 Å². The second-order valence-corrected chi connectivity index (χ2v) is 6.19. The molecule has 1 aliphatic heterocycles. The SMILES string of the molecule is CCNC(Cc1ccc(F)cc1)C(C)(C)N1CCOCC1. The smallest absolute Gasteiger partial charge is 0.123 e. The zero-order valence-electron chi connectivity index (χ0n) is 13.4. The second kappa shape index (κ2) is 7.34. The number of hydrogen-bond acceptors (Lipinski definition) is 3. The van der Waals surface area contributed by atoms with E-state index in [2.05, 4.69) is 31.0 Å². The number of likely N-dealkylation sites (N-methyl/N-ethyl adjacent to an activating group) is 1. The molecular formula is C17H27FN2O. The summed E-state index contributed by atoms with van der Waals surface area (Å²) in [5.41, 5.74) is 1.21. The van der Waals surface area contributed by atoms with Crippen molar-refractivity contribution in [1.82, 2.24) is 10.2 Å². The summed E-state index contributed by atoms with van der Waals surface area (Å²) >= 11 is 0. The molecule has 4 heteroatoms. The summed E-state index contributed by atoms with van der Waals surface area (Å²) < 4.78 is 18.5. The van der Waals surface area contributed by atoms with Crippen molar-refractivity contribution in [1.29, 1.82) is 0 Å². The molecule has 1 heterocycles. The Morgan fingerprint density at radius 3 is 2.43 bits per heavy atom. The largest absolute Gasteiger partial charge is 0.379 e. The molecule has 2 rings (SSSR count). The summed E-state index contributed by atoms with van der Waals surface area (Å²) in [4.78, 5) is 2.49. The Labute approximate surface area is 127 Å². The molecule has 1 unspecified atom stereocenters. The third-order valence-corrected chi connectivity index (χ3v) is 4.48. The number of ether oxygens (including phenoxy) is 1. The van der Waals surface area contributed by atoms with E-state index >= 15 is 0 Å². The first-order valence-corrected chi connectivity index (χ1v) is 7.84. The third-order valence-electron chi connectivity index (χ3n) is 4.48. The summed E-state index contributed by atoms with van der Waals surface area (Å²) in [5, 5.41) is 3.61. The highest BCUT2D eigenvalue weighted by Gasteiger charge is 2.35. The summed E-state index contributed by atoms with van der Waals surface area (Å²) in [6.07, 6.45) is 0.901. The van der Waals surface area contributed by atoms with Gasteiger partial charge in [-0.3, -0.25) is 4.90 Å². The first-order valence-electron chi connectivity index (χ1n) is 7.84. The maximum atomic E-state index is 13.1. The van der Waals surface area contributed by atoms with Gasteiger partial charge < -0.3 is 10.1 Å². The van der Waals surface area contributed by atoms with E-state index in [1.54, 1.807) is 12.1 Å². The molecule has 0 radical (unpaired) electrons. The van der Waals surface area contributed by atoms with Crippen molar-refractivity contribution in [2.45, 2.75) is 38.8 Å². The zero-order valence-corrected chi connectivity index (χ0v) is 13.4. The monoisotopic (exact) mass is 294 g/mol. The number of nitrogens with one attached hydrogen (secondary N) is 1. The quantitative estimate of drug-likeness (QED) is 0.872. The van der Waals surface area contributed by atoms with Gasteiger partial charge in [-0.1, -0.05) is 19.1 Å². The van der Waals surface area contributed by atoms with Crippen LogP contribution < -0.4 is 5.32 Å². The first kappa shape index (κ1) is 16.4. The van der Waals surface area contributed by atoms with Gasteiger partial charge in [0.05, 0.1) is 13.2 Å². The molecule has 21 heavy (non-hydrogen) atoms. The molecule has 1 saturated heterocycles. The molecular weight excluding hydrogens is 267 g/mol. The Hall–Kier alpha value is -0.970. The molecule has 0 saturated carbocycles. The standard InChI is InChI=1S/C17H27FN2O/c1-4-19-16(13-14-5-7-15(18)8-6-14)17(2,3)20-9-11-21-12-10-20/h5-8,16,19H,4,9-13H2,1-3H3. The fourth-order valence-corrected chi connectivity index (χ4v) is 3.03. The van der Waals surface area contributed by atoms with E-state index in [-0.39, 0.29) is 11.4 Å². The van der Waals surface area contributed by atoms with Gasteiger partial charge in [0.1, 0.15) is 5.82 Å². The van der Waals surface area contributed by atoms with Crippen LogP contribution in [0.4, 0.5) is 4.39 Å². The van der Waals surface area contributed by atoms with Crippen LogP contribution in [0.2, 0.25) is 0 Å². The minimum atomic E-state index is -0.175. The molecule has 1 aromatic rings. The van der Waals surface area contributed by atoms with Crippen LogP contribution in [0, 0.1) is 5.82 Å². The minimum absolute atomic E-state index is 0.0359. The van der Waals surface area contributed by atoms with Crippen molar-refractivity contribution in [3.8, 4) is 0 Å². The lowest BCUT2D eigenvalue weighted by atomic mass is 9.87. The number of rotatable bonds is 6. The van der Waals surface area contributed by atoms with Crippen molar-refractivity contribution in [3.05, 3.63) is 35.6 Å². The number of nitrogens with zero attached hydrogens (tertiary/aromatic N) is 1. The number of benzene rings is 1. The highest BCUT2D eigenvalue weighted by Crippen LogP contribution is 2.23. The van der Waals surface area contributed by atoms with E-state index in [1.807, 2.05) is 12.1 Å². The van der Waals surface area contributed by atoms with Crippen LogP contribution >= 0.6 is 0 Å². The topological polar surface area (TPSA) is 24.5 Å². The predicted molar refractivity (Wildman–Crippen MR) is 84.0 cm³/mol. The highest BCUT2D eigenvalue weighted by atomic mass is 19.1. The maximum Gasteiger partial charge on any atom is 0.123 e. The lowest BCUT2D eigenvalue weighted by Gasteiger charge is -2.46. The van der Waals surface area contributed by atoms with E-state index in [1.165, 1.54) is 5.56 Å². The lowest BCUT2D eigenvalue weighted by molar-refractivity contribution is -0.0230. The van der Waals surface area contributed by atoms with Crippen LogP contribution in [0.3, 0.4) is 0 Å². The van der Waals surface area contributed by atoms with Crippen molar-refractivity contribution < 1.29 is 9.13 Å². The molecule has 0 aromatic heterocycles. The average molecular weight is 294 g/mol. The van der Waals surface area contributed by atoms with Crippen LogP contribution in [0.5, 0.6) is 0 Å². The van der Waals surface area contributed by atoms with Crippen molar-refractivity contribution in [2.24, 2.45) is 0 Å². The molecule has 1 N–H and O–H groups in total. The Bertz CT molecular complexity index is 427. The molecule has 1 atom stereocenters. The van der Waals surface area contributed by atoms with Crippen LogP contribution in [-0.2, 0) is 11.2 Å². The van der Waals surface area contributed by atoms with E-state index < -0.39 is 0 Å². The van der Waals surface area contributed by atoms with Crippen molar-refractivity contribution in [2.75, 3.05) is 32.8 Å². The summed E-state index contributed by atoms with van der Waals surface area (Å²) in [7, 11) is 0. The molecule has 118 valence electrons. The lowest BCUT2D eigenvalue weighted by Crippen LogP contribution is -2.61. The third kappa shape index (κ3) is 4.25. The van der Waals surface area contributed by atoms with Crippen molar-refractivity contribution >= 4 is 0 Å². The van der Waals surface area contributed by atoms with Gasteiger partial charge in [-0.25, -0.2) is 4.39 Å². The zero-order chi connectivity index (χ0) is 15.3. The molecule has 0 bridgehead atoms. The number of halogens is 1. The molecule has 0 amide bonds. The Morgan fingerprint density at radius 2 is 1.86 bits per heavy atom. The summed E-state index contributed by atoms with van der Waals surface area (Å²) in [6.45, 7) is 11.2.